The quantitative estimate of drug-likeness (QED) is 0.217. The second kappa shape index (κ2) is 13.0. The number of allylic oxidation sites excluding steroid dienone is 4. The molecule has 1 aliphatic rings. The van der Waals surface area contributed by atoms with Gasteiger partial charge in [-0.25, -0.2) is 9.37 Å². The third kappa shape index (κ3) is 6.97. The summed E-state index contributed by atoms with van der Waals surface area (Å²) in [4.78, 5) is 45.8. The Kier molecular flexibility index (Phi) is 9.50. The van der Waals surface area contributed by atoms with Crippen LogP contribution in [0.15, 0.2) is 54.4 Å². The smallest absolute Gasteiger partial charge is 0.265 e. The maximum absolute atomic E-state index is 14.9. The summed E-state index contributed by atoms with van der Waals surface area (Å²) in [5.74, 6) is -0.768. The second-order valence-electron chi connectivity index (χ2n) is 10.1. The van der Waals surface area contributed by atoms with Crippen LogP contribution in [-0.4, -0.2) is 41.1 Å². The summed E-state index contributed by atoms with van der Waals surface area (Å²) in [6.45, 7) is 7.49. The van der Waals surface area contributed by atoms with Crippen molar-refractivity contribution in [1.82, 2.24) is 9.88 Å². The van der Waals surface area contributed by atoms with Gasteiger partial charge in [-0.15, -0.1) is 11.3 Å². The van der Waals surface area contributed by atoms with Gasteiger partial charge in [0.15, 0.2) is 5.78 Å². The molecule has 0 saturated carbocycles. The number of anilines is 2. The first-order valence-electron chi connectivity index (χ1n) is 13.7. The first-order chi connectivity index (χ1) is 19.6. The zero-order chi connectivity index (χ0) is 29.7. The fourth-order valence-corrected chi connectivity index (χ4v) is 5.84. The maximum Gasteiger partial charge on any atom is 0.265 e. The monoisotopic (exact) mass is 574 g/mol. The van der Waals surface area contributed by atoms with Gasteiger partial charge < -0.3 is 15.5 Å². The first kappa shape index (κ1) is 29.9. The number of thiophene rings is 1. The highest BCUT2D eigenvalue weighted by Gasteiger charge is 2.20. The summed E-state index contributed by atoms with van der Waals surface area (Å²) < 4.78 is 14.9. The summed E-state index contributed by atoms with van der Waals surface area (Å²) in [5, 5.41) is 5.92. The maximum atomic E-state index is 14.9. The van der Waals surface area contributed by atoms with Crippen LogP contribution in [-0.2, 0) is 17.6 Å². The molecule has 4 rings (SSSR count). The number of Topliss-reactive ketones (excluding diaryl/α,β-unsaturated/α-hetero) is 1. The Bertz CT molecular complexity index is 1520. The predicted octanol–water partition coefficient (Wildman–Crippen LogP) is 6.80. The van der Waals surface area contributed by atoms with Gasteiger partial charge >= 0.3 is 0 Å². The van der Waals surface area contributed by atoms with Crippen molar-refractivity contribution in [2.24, 2.45) is 0 Å². The van der Waals surface area contributed by atoms with E-state index in [4.69, 9.17) is 0 Å². The molecular weight excluding hydrogens is 539 g/mol. The number of ketones is 1. The number of carbonyl (C=O) groups excluding carboxylic acids is 3. The Hall–Kier alpha value is -4.11. The van der Waals surface area contributed by atoms with Gasteiger partial charge in [-0.3, -0.25) is 14.4 Å². The number of nitrogens with zero attached hydrogens (tertiary/aromatic N) is 2. The lowest BCUT2D eigenvalue weighted by Gasteiger charge is -2.16. The van der Waals surface area contributed by atoms with E-state index in [1.807, 2.05) is 19.9 Å². The number of amides is 2. The van der Waals surface area contributed by atoms with Crippen molar-refractivity contribution in [3.8, 4) is 0 Å². The van der Waals surface area contributed by atoms with Crippen LogP contribution in [0.3, 0.4) is 0 Å². The van der Waals surface area contributed by atoms with Gasteiger partial charge in [0.25, 0.3) is 11.8 Å². The van der Waals surface area contributed by atoms with Crippen LogP contribution in [0.4, 0.5) is 15.9 Å². The molecule has 2 amide bonds. The SMILES string of the molecule is CC=C(/C=C(/Nc1ccc(C(=O)N(C)CC)cn1)C(C)=O)c1cc(F)cc(NC(=O)c2cc3c(s2)CCCC3)c1C. The molecule has 41 heavy (non-hydrogen) atoms. The van der Waals surface area contributed by atoms with E-state index in [1.165, 1.54) is 47.0 Å². The highest BCUT2D eigenvalue weighted by Crippen LogP contribution is 2.32. The van der Waals surface area contributed by atoms with Gasteiger partial charge in [-0.1, -0.05) is 6.08 Å². The number of aryl methyl sites for hydroxylation is 2. The molecule has 0 fully saturated rings. The number of hydrogen-bond acceptors (Lipinski definition) is 6. The van der Waals surface area contributed by atoms with Crippen molar-refractivity contribution in [2.45, 2.75) is 53.4 Å². The lowest BCUT2D eigenvalue weighted by molar-refractivity contribution is -0.113. The summed E-state index contributed by atoms with van der Waals surface area (Å²) in [6, 6.07) is 7.93. The van der Waals surface area contributed by atoms with Crippen LogP contribution in [0, 0.1) is 12.7 Å². The molecule has 1 aromatic carbocycles. The van der Waals surface area contributed by atoms with E-state index in [2.05, 4.69) is 15.6 Å². The molecule has 7 nitrogen and oxygen atoms in total. The minimum absolute atomic E-state index is 0.145. The van der Waals surface area contributed by atoms with Crippen LogP contribution >= 0.6 is 11.3 Å². The minimum Gasteiger partial charge on any atom is -0.342 e. The lowest BCUT2D eigenvalue weighted by atomic mass is 9.97. The average molecular weight is 575 g/mol. The van der Waals surface area contributed by atoms with Crippen LogP contribution in [0.5, 0.6) is 0 Å². The third-order valence-corrected chi connectivity index (χ3v) is 8.47. The number of fused-ring (bicyclic) bond motifs is 1. The third-order valence-electron chi connectivity index (χ3n) is 7.24. The number of aromatic nitrogens is 1. The zero-order valence-electron chi connectivity index (χ0n) is 24.1. The fourth-order valence-electron chi connectivity index (χ4n) is 4.69. The number of rotatable bonds is 9. The standard InChI is InChI=1S/C32H35FN4O3S/c1-6-21(14-27(20(4)38)35-30-13-12-23(18-34-30)32(40)37(5)7-2)25-16-24(33)17-26(19(25)3)36-31(39)29-15-22-10-8-9-11-28(22)41-29/h6,12-18H,7-11H2,1-5H3,(H,34,35)(H,36,39)/b21-6?,27-14+. The second-order valence-corrected chi connectivity index (χ2v) is 11.2. The topological polar surface area (TPSA) is 91.4 Å². The molecule has 0 radical (unpaired) electrons. The normalized spacial score (nSPS) is 13.4. The molecule has 2 N–H and O–H groups in total. The highest BCUT2D eigenvalue weighted by molar-refractivity contribution is 7.14. The summed E-state index contributed by atoms with van der Waals surface area (Å²) >= 11 is 1.51. The Morgan fingerprint density at radius 2 is 1.88 bits per heavy atom. The van der Waals surface area contributed by atoms with Crippen LogP contribution in [0.2, 0.25) is 0 Å². The number of nitrogens with one attached hydrogen (secondary N) is 2. The van der Waals surface area contributed by atoms with E-state index in [1.54, 1.807) is 43.2 Å². The van der Waals surface area contributed by atoms with Crippen molar-refractivity contribution in [1.29, 1.82) is 0 Å². The summed E-state index contributed by atoms with van der Waals surface area (Å²) in [5.41, 5.74) is 4.11. The van der Waals surface area contributed by atoms with Gasteiger partial charge in [0, 0.05) is 37.3 Å². The van der Waals surface area contributed by atoms with Crippen LogP contribution in [0.1, 0.15) is 75.2 Å². The van der Waals surface area contributed by atoms with Gasteiger partial charge in [0.1, 0.15) is 11.6 Å². The molecule has 0 aliphatic heterocycles. The molecule has 0 saturated heterocycles. The Labute approximate surface area is 244 Å². The minimum atomic E-state index is -0.504. The number of benzene rings is 1. The molecule has 0 unspecified atom stereocenters. The Morgan fingerprint density at radius 1 is 1.12 bits per heavy atom. The molecular formula is C32H35FN4O3S. The van der Waals surface area contributed by atoms with Gasteiger partial charge in [-0.05, 0) is 105 Å². The molecule has 1 aliphatic carbocycles. The molecule has 3 aromatic rings. The van der Waals surface area contributed by atoms with Crippen molar-refractivity contribution in [3.63, 3.8) is 0 Å². The highest BCUT2D eigenvalue weighted by atomic mass is 32.1. The summed E-state index contributed by atoms with van der Waals surface area (Å²) in [7, 11) is 1.71. The molecule has 0 bridgehead atoms. The molecule has 0 spiro atoms. The zero-order valence-corrected chi connectivity index (χ0v) is 24.9. The molecule has 0 atom stereocenters. The number of hydrogen-bond donors (Lipinski definition) is 2. The van der Waals surface area contributed by atoms with Gasteiger partial charge in [-0.2, -0.15) is 0 Å². The van der Waals surface area contributed by atoms with E-state index >= 15 is 0 Å². The first-order valence-corrected chi connectivity index (χ1v) is 14.5. The Morgan fingerprint density at radius 3 is 2.51 bits per heavy atom. The van der Waals surface area contributed by atoms with Gasteiger partial charge in [0.05, 0.1) is 16.1 Å². The van der Waals surface area contributed by atoms with Crippen LogP contribution < -0.4 is 10.6 Å². The van der Waals surface area contributed by atoms with E-state index in [0.717, 1.165) is 25.7 Å². The number of pyridine rings is 1. The fraction of sp³-hybridized carbons (Fsp3) is 0.312. The molecule has 214 valence electrons. The van der Waals surface area contributed by atoms with Crippen molar-refractivity contribution >= 4 is 46.0 Å². The van der Waals surface area contributed by atoms with Crippen molar-refractivity contribution in [3.05, 3.63) is 92.2 Å². The van der Waals surface area contributed by atoms with E-state index < -0.39 is 5.82 Å². The molecule has 2 aromatic heterocycles. The van der Waals surface area contributed by atoms with E-state index in [9.17, 15) is 18.8 Å². The summed E-state index contributed by atoms with van der Waals surface area (Å²) in [6.07, 6.45) is 9.12. The van der Waals surface area contributed by atoms with E-state index in [-0.39, 0.29) is 23.3 Å². The van der Waals surface area contributed by atoms with E-state index in [0.29, 0.717) is 45.2 Å². The molecule has 2 heterocycles. The number of halogens is 1. The predicted molar refractivity (Wildman–Crippen MR) is 163 cm³/mol. The largest absolute Gasteiger partial charge is 0.342 e. The van der Waals surface area contributed by atoms with Crippen molar-refractivity contribution in [2.75, 3.05) is 24.2 Å². The van der Waals surface area contributed by atoms with Crippen molar-refractivity contribution < 1.29 is 18.8 Å². The lowest BCUT2D eigenvalue weighted by Crippen LogP contribution is -2.26. The van der Waals surface area contributed by atoms with Gasteiger partial charge in [0.2, 0.25) is 0 Å². The molecule has 9 heteroatoms. The Balaban J connectivity index is 1.58. The van der Waals surface area contributed by atoms with Crippen LogP contribution in [0.25, 0.3) is 5.57 Å². The number of carbonyl (C=O) groups is 3. The average Bonchev–Trinajstić information content (AvgIpc) is 3.41.